The van der Waals surface area contributed by atoms with E-state index in [-0.39, 0.29) is 25.0 Å². The number of methoxy groups -OCH3 is 1. The predicted molar refractivity (Wildman–Crippen MR) is 92.3 cm³/mol. The molecule has 0 aliphatic carbocycles. The van der Waals surface area contributed by atoms with Gasteiger partial charge in [-0.1, -0.05) is 12.1 Å². The van der Waals surface area contributed by atoms with E-state index < -0.39 is 0 Å². The smallest absolute Gasteiger partial charge is 0.321 e. The molecule has 0 atom stereocenters. The van der Waals surface area contributed by atoms with Gasteiger partial charge in [-0.3, -0.25) is 4.79 Å². The van der Waals surface area contributed by atoms with Crippen LogP contribution in [0.25, 0.3) is 11.0 Å². The Bertz CT molecular complexity index is 891. The van der Waals surface area contributed by atoms with Crippen molar-refractivity contribution >= 4 is 22.9 Å². The third-order valence-electron chi connectivity index (χ3n) is 3.52. The predicted octanol–water partition coefficient (Wildman–Crippen LogP) is 0.612. The number of para-hydroxylation sites is 2. The molecule has 25 heavy (non-hydrogen) atoms. The molecule has 9 nitrogen and oxygen atoms in total. The van der Waals surface area contributed by atoms with Crippen molar-refractivity contribution in [3.8, 4) is 6.01 Å². The summed E-state index contributed by atoms with van der Waals surface area (Å²) < 4.78 is 6.87. The number of hydrogen-bond acceptors (Lipinski definition) is 7. The Morgan fingerprint density at radius 1 is 1.24 bits per heavy atom. The highest BCUT2D eigenvalue weighted by atomic mass is 16.5. The van der Waals surface area contributed by atoms with Gasteiger partial charge in [0.05, 0.1) is 31.0 Å². The number of carbonyl (C=O) groups excluding carboxylic acids is 1. The summed E-state index contributed by atoms with van der Waals surface area (Å²) in [5.74, 6) is 0.741. The number of carbonyl (C=O) groups is 1. The lowest BCUT2D eigenvalue weighted by atomic mass is 10.3. The van der Waals surface area contributed by atoms with Crippen molar-refractivity contribution in [3.05, 3.63) is 36.4 Å². The zero-order chi connectivity index (χ0) is 17.8. The minimum absolute atomic E-state index is 0.158. The number of rotatable bonds is 6. The van der Waals surface area contributed by atoms with Gasteiger partial charge in [0.25, 0.3) is 0 Å². The van der Waals surface area contributed by atoms with Gasteiger partial charge in [-0.05, 0) is 12.1 Å². The van der Waals surface area contributed by atoms with Gasteiger partial charge in [-0.15, -0.1) is 0 Å². The van der Waals surface area contributed by atoms with E-state index >= 15 is 0 Å². The van der Waals surface area contributed by atoms with E-state index in [0.29, 0.717) is 11.8 Å². The number of ether oxygens (including phenoxy) is 1. The summed E-state index contributed by atoms with van der Waals surface area (Å²) in [6.07, 6.45) is 1.65. The first-order valence-corrected chi connectivity index (χ1v) is 7.69. The topological polar surface area (TPSA) is 98.1 Å². The zero-order valence-corrected chi connectivity index (χ0v) is 14.3. The van der Waals surface area contributed by atoms with E-state index in [2.05, 4.69) is 25.3 Å². The van der Waals surface area contributed by atoms with Gasteiger partial charge in [0.15, 0.2) is 5.82 Å². The van der Waals surface area contributed by atoms with Crippen LogP contribution in [0.4, 0.5) is 5.95 Å². The molecule has 3 rings (SSSR count). The van der Waals surface area contributed by atoms with Gasteiger partial charge >= 0.3 is 6.01 Å². The number of imidazole rings is 1. The fourth-order valence-electron chi connectivity index (χ4n) is 2.28. The van der Waals surface area contributed by atoms with E-state index in [1.54, 1.807) is 15.8 Å². The molecule has 0 aliphatic rings. The van der Waals surface area contributed by atoms with Crippen LogP contribution in [-0.4, -0.2) is 51.6 Å². The number of anilines is 1. The van der Waals surface area contributed by atoms with Crippen LogP contribution in [0.15, 0.2) is 30.6 Å². The van der Waals surface area contributed by atoms with Crippen LogP contribution in [0.3, 0.4) is 0 Å². The van der Waals surface area contributed by atoms with Crippen LogP contribution in [0.1, 0.15) is 5.82 Å². The van der Waals surface area contributed by atoms with Gasteiger partial charge in [0.1, 0.15) is 6.54 Å². The van der Waals surface area contributed by atoms with E-state index in [1.165, 1.54) is 7.11 Å². The second-order valence-corrected chi connectivity index (χ2v) is 5.57. The summed E-state index contributed by atoms with van der Waals surface area (Å²) in [5.41, 5.74) is 1.77. The summed E-state index contributed by atoms with van der Waals surface area (Å²) in [5, 5.41) is 2.80. The SMILES string of the molecule is COc1nc(CNC(=O)Cn2cnc3ccccc32)nc(N(C)C)n1. The molecule has 0 saturated carbocycles. The monoisotopic (exact) mass is 341 g/mol. The second-order valence-electron chi connectivity index (χ2n) is 5.57. The van der Waals surface area contributed by atoms with Crippen LogP contribution >= 0.6 is 0 Å². The van der Waals surface area contributed by atoms with Crippen molar-refractivity contribution in [2.75, 3.05) is 26.1 Å². The van der Waals surface area contributed by atoms with E-state index in [9.17, 15) is 4.79 Å². The van der Waals surface area contributed by atoms with Crippen molar-refractivity contribution in [2.45, 2.75) is 13.1 Å². The fraction of sp³-hybridized carbons (Fsp3) is 0.312. The third kappa shape index (κ3) is 3.82. The van der Waals surface area contributed by atoms with Crippen LogP contribution < -0.4 is 15.0 Å². The summed E-state index contributed by atoms with van der Waals surface area (Å²) >= 11 is 0. The quantitative estimate of drug-likeness (QED) is 0.701. The van der Waals surface area contributed by atoms with Crippen LogP contribution in [-0.2, 0) is 17.9 Å². The Hall–Kier alpha value is -3.23. The van der Waals surface area contributed by atoms with Crippen LogP contribution in [0.2, 0.25) is 0 Å². The molecule has 130 valence electrons. The first kappa shape index (κ1) is 16.6. The Morgan fingerprint density at radius 2 is 2.04 bits per heavy atom. The van der Waals surface area contributed by atoms with E-state index in [1.807, 2.05) is 38.4 Å². The van der Waals surface area contributed by atoms with Crippen molar-refractivity contribution in [2.24, 2.45) is 0 Å². The maximum Gasteiger partial charge on any atom is 0.321 e. The van der Waals surface area contributed by atoms with Crippen molar-refractivity contribution in [1.29, 1.82) is 0 Å². The van der Waals surface area contributed by atoms with Gasteiger partial charge in [-0.2, -0.15) is 15.0 Å². The largest absolute Gasteiger partial charge is 0.467 e. The van der Waals surface area contributed by atoms with Crippen LogP contribution in [0, 0.1) is 0 Å². The van der Waals surface area contributed by atoms with E-state index in [0.717, 1.165) is 11.0 Å². The third-order valence-corrected chi connectivity index (χ3v) is 3.52. The lowest BCUT2D eigenvalue weighted by Gasteiger charge is -2.12. The molecule has 0 fully saturated rings. The maximum atomic E-state index is 12.2. The second kappa shape index (κ2) is 7.12. The Balaban J connectivity index is 1.67. The molecule has 3 aromatic rings. The molecule has 0 radical (unpaired) electrons. The lowest BCUT2D eigenvalue weighted by Crippen LogP contribution is -2.28. The van der Waals surface area contributed by atoms with Crippen LogP contribution in [0.5, 0.6) is 6.01 Å². The average Bonchev–Trinajstić information content (AvgIpc) is 3.02. The molecular formula is C16H19N7O2. The first-order chi connectivity index (χ1) is 12.1. The van der Waals surface area contributed by atoms with Crippen molar-refractivity contribution < 1.29 is 9.53 Å². The van der Waals surface area contributed by atoms with E-state index in [4.69, 9.17) is 4.74 Å². The van der Waals surface area contributed by atoms with Gasteiger partial charge in [0, 0.05) is 14.1 Å². The molecular weight excluding hydrogens is 322 g/mol. The molecule has 0 unspecified atom stereocenters. The van der Waals surface area contributed by atoms with Crippen molar-refractivity contribution in [3.63, 3.8) is 0 Å². The highest BCUT2D eigenvalue weighted by Gasteiger charge is 2.11. The highest BCUT2D eigenvalue weighted by molar-refractivity contribution is 5.80. The highest BCUT2D eigenvalue weighted by Crippen LogP contribution is 2.12. The number of nitrogens with one attached hydrogen (secondary N) is 1. The van der Waals surface area contributed by atoms with Gasteiger partial charge in [-0.25, -0.2) is 4.98 Å². The Kier molecular flexibility index (Phi) is 4.73. The zero-order valence-electron chi connectivity index (χ0n) is 14.3. The summed E-state index contributed by atoms with van der Waals surface area (Å²) in [7, 11) is 5.13. The standard InChI is InChI=1S/C16H19N7O2/c1-22(2)15-19-13(20-16(21-15)25-3)8-17-14(24)9-23-10-18-11-6-4-5-7-12(11)23/h4-7,10H,8-9H2,1-3H3,(H,17,24). The summed E-state index contributed by atoms with van der Waals surface area (Å²) in [6, 6.07) is 7.87. The minimum atomic E-state index is -0.158. The fourth-order valence-corrected chi connectivity index (χ4v) is 2.28. The molecule has 0 saturated heterocycles. The number of aromatic nitrogens is 5. The molecule has 0 spiro atoms. The molecule has 0 aliphatic heterocycles. The molecule has 2 heterocycles. The Labute approximate surface area is 144 Å². The molecule has 9 heteroatoms. The molecule has 1 N–H and O–H groups in total. The van der Waals surface area contributed by atoms with Gasteiger partial charge < -0.3 is 19.5 Å². The first-order valence-electron chi connectivity index (χ1n) is 7.69. The normalized spacial score (nSPS) is 10.7. The minimum Gasteiger partial charge on any atom is -0.467 e. The number of amides is 1. The molecule has 2 aromatic heterocycles. The lowest BCUT2D eigenvalue weighted by molar-refractivity contribution is -0.121. The number of fused-ring (bicyclic) bond motifs is 1. The molecule has 0 bridgehead atoms. The van der Waals surface area contributed by atoms with Gasteiger partial charge in [0.2, 0.25) is 11.9 Å². The number of hydrogen-bond donors (Lipinski definition) is 1. The maximum absolute atomic E-state index is 12.2. The summed E-state index contributed by atoms with van der Waals surface area (Å²) in [4.78, 5) is 30.8. The Morgan fingerprint density at radius 3 is 2.80 bits per heavy atom. The molecule has 1 aromatic carbocycles. The summed E-state index contributed by atoms with van der Waals surface area (Å²) in [6.45, 7) is 0.356. The number of benzene rings is 1. The molecule has 1 amide bonds. The average molecular weight is 341 g/mol. The number of nitrogens with zero attached hydrogens (tertiary/aromatic N) is 6. The van der Waals surface area contributed by atoms with Crippen molar-refractivity contribution in [1.82, 2.24) is 29.8 Å².